The van der Waals surface area contributed by atoms with Crippen molar-refractivity contribution in [3.8, 4) is 0 Å². The van der Waals surface area contributed by atoms with E-state index >= 15 is 0 Å². The van der Waals surface area contributed by atoms with E-state index in [1.54, 1.807) is 22.7 Å². The second-order valence-corrected chi connectivity index (χ2v) is 6.83. The molecule has 6 nitrogen and oxygen atoms in total. The number of aryl methyl sites for hydroxylation is 4. The number of nitrogens with zero attached hydrogens (tertiary/aromatic N) is 3. The van der Waals surface area contributed by atoms with E-state index in [1.165, 1.54) is 11.1 Å². The maximum Gasteiger partial charge on any atom is 0.315 e. The van der Waals surface area contributed by atoms with Gasteiger partial charge in [0.1, 0.15) is 5.82 Å². The minimum Gasteiger partial charge on any atom is -0.327 e. The molecule has 25 heavy (non-hydrogen) atoms. The summed E-state index contributed by atoms with van der Waals surface area (Å²) < 4.78 is 1.56. The maximum atomic E-state index is 12.7. The molecule has 2 aromatic rings. The van der Waals surface area contributed by atoms with Crippen LogP contribution < -0.4 is 5.32 Å². The van der Waals surface area contributed by atoms with Crippen molar-refractivity contribution in [2.75, 3.05) is 5.32 Å². The molecule has 0 atom stereocenters. The van der Waals surface area contributed by atoms with E-state index in [0.717, 1.165) is 24.1 Å². The Kier molecular flexibility index (Phi) is 4.61. The van der Waals surface area contributed by atoms with Crippen molar-refractivity contribution >= 4 is 17.6 Å². The van der Waals surface area contributed by atoms with E-state index < -0.39 is 11.8 Å². The van der Waals surface area contributed by atoms with Crippen LogP contribution in [0.25, 0.3) is 0 Å². The van der Waals surface area contributed by atoms with Crippen LogP contribution in [0, 0.1) is 20.8 Å². The van der Waals surface area contributed by atoms with Gasteiger partial charge in [0.2, 0.25) is 0 Å². The fourth-order valence-corrected chi connectivity index (χ4v) is 2.88. The van der Waals surface area contributed by atoms with Crippen LogP contribution in [-0.2, 0) is 23.2 Å². The molecule has 132 valence electrons. The van der Waals surface area contributed by atoms with Gasteiger partial charge in [-0.2, -0.15) is 5.10 Å². The molecule has 6 heteroatoms. The van der Waals surface area contributed by atoms with Gasteiger partial charge < -0.3 is 10.2 Å². The Morgan fingerprint density at radius 1 is 1.20 bits per heavy atom. The molecular formula is C19H24N4O2. The molecule has 0 saturated heterocycles. The van der Waals surface area contributed by atoms with E-state index in [9.17, 15) is 9.59 Å². The predicted molar refractivity (Wildman–Crippen MR) is 96.1 cm³/mol. The molecule has 1 fully saturated rings. The first-order chi connectivity index (χ1) is 11.8. The molecule has 0 radical (unpaired) electrons. The predicted octanol–water partition coefficient (Wildman–Crippen LogP) is 2.48. The number of hydrogen-bond donors (Lipinski definition) is 1. The van der Waals surface area contributed by atoms with Crippen molar-refractivity contribution in [3.05, 3.63) is 46.6 Å². The highest BCUT2D eigenvalue weighted by Crippen LogP contribution is 2.29. The highest BCUT2D eigenvalue weighted by atomic mass is 16.2. The molecule has 0 spiro atoms. The lowest BCUT2D eigenvalue weighted by Gasteiger charge is -2.22. The summed E-state index contributed by atoms with van der Waals surface area (Å²) in [6.07, 6.45) is 1.91. The Morgan fingerprint density at radius 3 is 2.48 bits per heavy atom. The summed E-state index contributed by atoms with van der Waals surface area (Å²) in [4.78, 5) is 26.8. The van der Waals surface area contributed by atoms with Gasteiger partial charge in [-0.15, -0.1) is 0 Å². The average Bonchev–Trinajstić information content (AvgIpc) is 3.34. The van der Waals surface area contributed by atoms with Crippen LogP contribution in [0.2, 0.25) is 0 Å². The third kappa shape index (κ3) is 3.90. The molecule has 1 aliphatic carbocycles. The molecule has 2 amide bonds. The quantitative estimate of drug-likeness (QED) is 0.870. The van der Waals surface area contributed by atoms with Crippen LogP contribution in [-0.4, -0.2) is 32.5 Å². The summed E-state index contributed by atoms with van der Waals surface area (Å²) in [5, 5.41) is 6.85. The average molecular weight is 340 g/mol. The topological polar surface area (TPSA) is 67.2 Å². The zero-order valence-electron chi connectivity index (χ0n) is 15.2. The lowest BCUT2D eigenvalue weighted by molar-refractivity contribution is -0.144. The monoisotopic (exact) mass is 340 g/mol. The molecule has 1 N–H and O–H groups in total. The molecule has 1 aromatic heterocycles. The lowest BCUT2D eigenvalue weighted by atomic mass is 10.1. The Bertz CT molecular complexity index is 821. The molecule has 1 heterocycles. The number of nitrogens with one attached hydrogen (secondary N) is 1. The van der Waals surface area contributed by atoms with Crippen LogP contribution in [0.15, 0.2) is 24.3 Å². The zero-order valence-corrected chi connectivity index (χ0v) is 15.2. The smallest absolute Gasteiger partial charge is 0.315 e. The van der Waals surface area contributed by atoms with E-state index in [4.69, 9.17) is 0 Å². The molecule has 1 aliphatic rings. The number of carbonyl (C=O) groups excluding carboxylic acids is 2. The van der Waals surface area contributed by atoms with E-state index in [2.05, 4.69) is 36.4 Å². The summed E-state index contributed by atoms with van der Waals surface area (Å²) in [7, 11) is 1.74. The minimum absolute atomic E-state index is 0.160. The van der Waals surface area contributed by atoms with Gasteiger partial charge in [0, 0.05) is 25.7 Å². The van der Waals surface area contributed by atoms with Gasteiger partial charge >= 0.3 is 11.8 Å². The SMILES string of the molecule is Cc1cc(NC(=O)C(=O)N(Cc2ccc(C)c(C)c2)C2CC2)n(C)n1. The maximum absolute atomic E-state index is 12.7. The Balaban J connectivity index is 1.73. The van der Waals surface area contributed by atoms with Gasteiger partial charge in [-0.05, 0) is 50.3 Å². The van der Waals surface area contributed by atoms with E-state index in [1.807, 2.05) is 13.0 Å². The molecule has 1 saturated carbocycles. The van der Waals surface area contributed by atoms with Crippen LogP contribution in [0.4, 0.5) is 5.82 Å². The fourth-order valence-electron chi connectivity index (χ4n) is 2.88. The van der Waals surface area contributed by atoms with Gasteiger partial charge in [0.05, 0.1) is 5.69 Å². The highest BCUT2D eigenvalue weighted by molar-refractivity contribution is 6.39. The van der Waals surface area contributed by atoms with Crippen LogP contribution >= 0.6 is 0 Å². The summed E-state index contributed by atoms with van der Waals surface area (Å²) in [6.45, 7) is 6.42. The molecule has 0 unspecified atom stereocenters. The Hall–Kier alpha value is -2.63. The van der Waals surface area contributed by atoms with Crippen LogP contribution in [0.3, 0.4) is 0 Å². The molecular weight excluding hydrogens is 316 g/mol. The third-order valence-electron chi connectivity index (χ3n) is 4.61. The first-order valence-corrected chi connectivity index (χ1v) is 8.54. The van der Waals surface area contributed by atoms with Crippen molar-refractivity contribution in [3.63, 3.8) is 0 Å². The summed E-state index contributed by atoms with van der Waals surface area (Å²) in [6, 6.07) is 8.07. The Morgan fingerprint density at radius 2 is 1.92 bits per heavy atom. The highest BCUT2D eigenvalue weighted by Gasteiger charge is 2.35. The lowest BCUT2D eigenvalue weighted by Crippen LogP contribution is -2.41. The number of carbonyl (C=O) groups is 2. The standard InChI is InChI=1S/C19H24N4O2/c1-12-5-6-15(9-13(12)2)11-23(16-7-8-16)19(25)18(24)20-17-10-14(3)21-22(17)4/h5-6,9-10,16H,7-8,11H2,1-4H3,(H,20,24). The largest absolute Gasteiger partial charge is 0.327 e. The Labute approximate surface area is 147 Å². The summed E-state index contributed by atoms with van der Waals surface area (Å²) >= 11 is 0. The first-order valence-electron chi connectivity index (χ1n) is 8.54. The van der Waals surface area contributed by atoms with Crippen molar-refractivity contribution in [1.82, 2.24) is 14.7 Å². The van der Waals surface area contributed by atoms with Gasteiger partial charge in [0.25, 0.3) is 0 Å². The van der Waals surface area contributed by atoms with E-state index in [-0.39, 0.29) is 6.04 Å². The molecule has 3 rings (SSSR count). The number of hydrogen-bond acceptors (Lipinski definition) is 3. The summed E-state index contributed by atoms with van der Waals surface area (Å²) in [5.74, 6) is -0.573. The molecule has 1 aromatic carbocycles. The van der Waals surface area contributed by atoms with Crippen molar-refractivity contribution in [2.24, 2.45) is 7.05 Å². The minimum atomic E-state index is -0.612. The summed E-state index contributed by atoms with van der Waals surface area (Å²) in [5.41, 5.74) is 4.25. The second-order valence-electron chi connectivity index (χ2n) is 6.83. The van der Waals surface area contributed by atoms with Crippen molar-refractivity contribution in [1.29, 1.82) is 0 Å². The van der Waals surface area contributed by atoms with Crippen LogP contribution in [0.5, 0.6) is 0 Å². The third-order valence-corrected chi connectivity index (χ3v) is 4.61. The van der Waals surface area contributed by atoms with Crippen LogP contribution in [0.1, 0.15) is 35.2 Å². The number of anilines is 1. The number of aromatic nitrogens is 2. The number of rotatable bonds is 4. The van der Waals surface area contributed by atoms with Gasteiger partial charge in [0.15, 0.2) is 0 Å². The number of benzene rings is 1. The van der Waals surface area contributed by atoms with E-state index in [0.29, 0.717) is 12.4 Å². The second kappa shape index (κ2) is 6.70. The van der Waals surface area contributed by atoms with Gasteiger partial charge in [-0.25, -0.2) is 0 Å². The zero-order chi connectivity index (χ0) is 18.1. The number of amides is 2. The fraction of sp³-hybridized carbons (Fsp3) is 0.421. The van der Waals surface area contributed by atoms with Gasteiger partial charge in [-0.3, -0.25) is 14.3 Å². The van der Waals surface area contributed by atoms with Crippen molar-refractivity contribution < 1.29 is 9.59 Å². The van der Waals surface area contributed by atoms with Crippen molar-refractivity contribution in [2.45, 2.75) is 46.2 Å². The first kappa shape index (κ1) is 17.2. The normalized spacial score (nSPS) is 13.6. The van der Waals surface area contributed by atoms with Gasteiger partial charge in [-0.1, -0.05) is 18.2 Å². The molecule has 0 aliphatic heterocycles. The molecule has 0 bridgehead atoms.